The van der Waals surface area contributed by atoms with E-state index in [1.807, 2.05) is 0 Å². The minimum atomic E-state index is 0.195. The summed E-state index contributed by atoms with van der Waals surface area (Å²) in [4.78, 5) is 11.1. The first-order chi connectivity index (χ1) is 7.33. The van der Waals surface area contributed by atoms with Crippen LogP contribution in [0.25, 0.3) is 0 Å². The van der Waals surface area contributed by atoms with Gasteiger partial charge in [0.15, 0.2) is 0 Å². The maximum absolute atomic E-state index is 11.1. The van der Waals surface area contributed by atoms with E-state index in [1.54, 1.807) is 0 Å². The Balaban J connectivity index is 1.89. The van der Waals surface area contributed by atoms with Crippen molar-refractivity contribution < 1.29 is 4.79 Å². The molecule has 0 saturated carbocycles. The smallest absolute Gasteiger partial charge is 0.220 e. The number of carbonyl (C=O) groups is 1. The van der Waals surface area contributed by atoms with Gasteiger partial charge in [-0.15, -0.1) is 0 Å². The number of nitrogens with one attached hydrogen (secondary N) is 1. The maximum atomic E-state index is 11.1. The van der Waals surface area contributed by atoms with Crippen LogP contribution in [0, 0.1) is 0 Å². The molecule has 1 unspecified atom stereocenters. The highest BCUT2D eigenvalue weighted by molar-refractivity contribution is 5.79. The second-order valence-corrected chi connectivity index (χ2v) is 4.59. The molecular weight excluding hydrogens is 186 g/mol. The van der Waals surface area contributed by atoms with Gasteiger partial charge >= 0.3 is 0 Å². The number of amides is 1. The fourth-order valence-electron chi connectivity index (χ4n) is 2.69. The van der Waals surface area contributed by atoms with E-state index in [9.17, 15) is 4.79 Å². The van der Waals surface area contributed by atoms with Crippen LogP contribution in [0.2, 0.25) is 0 Å². The topological polar surface area (TPSA) is 29.1 Å². The third kappa shape index (κ3) is 1.54. The van der Waals surface area contributed by atoms with Gasteiger partial charge in [0.25, 0.3) is 0 Å². The molecule has 2 nitrogen and oxygen atoms in total. The minimum Gasteiger partial charge on any atom is -0.355 e. The van der Waals surface area contributed by atoms with E-state index in [4.69, 9.17) is 0 Å². The van der Waals surface area contributed by atoms with Gasteiger partial charge in [0.1, 0.15) is 0 Å². The fourth-order valence-corrected chi connectivity index (χ4v) is 2.69. The lowest BCUT2D eigenvalue weighted by Gasteiger charge is -2.09. The first kappa shape index (κ1) is 8.96. The Kier molecular flexibility index (Phi) is 2.01. The van der Waals surface area contributed by atoms with Crippen LogP contribution in [0.5, 0.6) is 0 Å². The summed E-state index contributed by atoms with van der Waals surface area (Å²) in [5.41, 5.74) is 4.36. The van der Waals surface area contributed by atoms with Crippen molar-refractivity contribution in [1.29, 1.82) is 0 Å². The first-order valence-electron chi connectivity index (χ1n) is 5.71. The van der Waals surface area contributed by atoms with Gasteiger partial charge in [0, 0.05) is 18.9 Å². The van der Waals surface area contributed by atoms with Crippen molar-refractivity contribution in [1.82, 2.24) is 5.32 Å². The van der Waals surface area contributed by atoms with E-state index >= 15 is 0 Å². The molecule has 1 atom stereocenters. The van der Waals surface area contributed by atoms with Crippen molar-refractivity contribution >= 4 is 5.91 Å². The normalized spacial score (nSPS) is 24.0. The van der Waals surface area contributed by atoms with Crippen LogP contribution in [0.15, 0.2) is 18.2 Å². The summed E-state index contributed by atoms with van der Waals surface area (Å²) in [7, 11) is 0. The van der Waals surface area contributed by atoms with Crippen molar-refractivity contribution in [2.24, 2.45) is 0 Å². The number of hydrogen-bond acceptors (Lipinski definition) is 1. The molecule has 1 N–H and O–H groups in total. The Morgan fingerprint density at radius 1 is 1.20 bits per heavy atom. The second kappa shape index (κ2) is 3.37. The van der Waals surface area contributed by atoms with E-state index in [2.05, 4.69) is 23.5 Å². The quantitative estimate of drug-likeness (QED) is 0.737. The Bertz CT molecular complexity index is 411. The lowest BCUT2D eigenvalue weighted by atomic mass is 9.95. The molecule has 1 fully saturated rings. The summed E-state index contributed by atoms with van der Waals surface area (Å²) in [6.45, 7) is 0.817. The zero-order valence-electron chi connectivity index (χ0n) is 8.75. The summed E-state index contributed by atoms with van der Waals surface area (Å²) < 4.78 is 0. The lowest BCUT2D eigenvalue weighted by molar-refractivity contribution is -0.119. The average Bonchev–Trinajstić information content (AvgIpc) is 2.84. The van der Waals surface area contributed by atoms with Crippen LogP contribution < -0.4 is 5.32 Å². The summed E-state index contributed by atoms with van der Waals surface area (Å²) in [6.07, 6.45) is 4.41. The van der Waals surface area contributed by atoms with Gasteiger partial charge in [-0.1, -0.05) is 18.2 Å². The van der Waals surface area contributed by atoms with Crippen molar-refractivity contribution in [2.75, 3.05) is 6.54 Å². The molecule has 1 amide bonds. The van der Waals surface area contributed by atoms with Crippen molar-refractivity contribution in [3.8, 4) is 0 Å². The van der Waals surface area contributed by atoms with Crippen LogP contribution in [-0.2, 0) is 17.6 Å². The molecule has 0 bridgehead atoms. The maximum Gasteiger partial charge on any atom is 0.220 e. The third-order valence-corrected chi connectivity index (χ3v) is 3.57. The number of carbonyl (C=O) groups excluding carboxylic acids is 1. The van der Waals surface area contributed by atoms with Crippen LogP contribution in [0.3, 0.4) is 0 Å². The zero-order chi connectivity index (χ0) is 10.3. The zero-order valence-corrected chi connectivity index (χ0v) is 8.75. The molecule has 15 heavy (non-hydrogen) atoms. The van der Waals surface area contributed by atoms with Gasteiger partial charge in [0.05, 0.1) is 0 Å². The molecule has 1 heterocycles. The Morgan fingerprint density at radius 2 is 2.07 bits per heavy atom. The average molecular weight is 201 g/mol. The molecule has 0 aromatic heterocycles. The number of aryl methyl sites for hydroxylation is 2. The van der Waals surface area contributed by atoms with Gasteiger partial charge in [0.2, 0.25) is 5.91 Å². The number of benzene rings is 1. The number of fused-ring (bicyclic) bond motifs is 1. The Labute approximate surface area is 89.7 Å². The van der Waals surface area contributed by atoms with Crippen LogP contribution >= 0.6 is 0 Å². The molecule has 3 rings (SSSR count). The number of rotatable bonds is 1. The van der Waals surface area contributed by atoms with E-state index in [0.717, 1.165) is 6.54 Å². The lowest BCUT2D eigenvalue weighted by Crippen LogP contribution is -2.13. The Hall–Kier alpha value is -1.31. The van der Waals surface area contributed by atoms with E-state index < -0.39 is 0 Å². The highest BCUT2D eigenvalue weighted by atomic mass is 16.1. The summed E-state index contributed by atoms with van der Waals surface area (Å²) >= 11 is 0. The van der Waals surface area contributed by atoms with Crippen molar-refractivity contribution in [2.45, 2.75) is 31.6 Å². The molecule has 1 aliphatic carbocycles. The highest BCUT2D eigenvalue weighted by Crippen LogP contribution is 2.28. The molecule has 1 aromatic carbocycles. The molecule has 78 valence electrons. The van der Waals surface area contributed by atoms with Gasteiger partial charge in [-0.3, -0.25) is 4.79 Å². The largest absolute Gasteiger partial charge is 0.355 e. The van der Waals surface area contributed by atoms with Gasteiger partial charge < -0.3 is 5.32 Å². The molecule has 2 aliphatic rings. The molecule has 0 spiro atoms. The molecule has 1 aliphatic heterocycles. The molecule has 2 heteroatoms. The van der Waals surface area contributed by atoms with Gasteiger partial charge in [-0.2, -0.15) is 0 Å². The molecular formula is C13H15NO. The summed E-state index contributed by atoms with van der Waals surface area (Å²) in [5.74, 6) is 0.601. The van der Waals surface area contributed by atoms with E-state index in [0.29, 0.717) is 12.3 Å². The fraction of sp³-hybridized carbons (Fsp3) is 0.462. The van der Waals surface area contributed by atoms with Gasteiger partial charge in [-0.05, 0) is 36.0 Å². The van der Waals surface area contributed by atoms with E-state index in [-0.39, 0.29) is 5.91 Å². The summed E-state index contributed by atoms with van der Waals surface area (Å²) in [6, 6.07) is 6.77. The van der Waals surface area contributed by atoms with Crippen LogP contribution in [-0.4, -0.2) is 12.5 Å². The predicted molar refractivity (Wildman–Crippen MR) is 58.8 cm³/mol. The second-order valence-electron chi connectivity index (χ2n) is 4.59. The van der Waals surface area contributed by atoms with Gasteiger partial charge in [-0.25, -0.2) is 0 Å². The van der Waals surface area contributed by atoms with Crippen LogP contribution in [0.4, 0.5) is 0 Å². The predicted octanol–water partition coefficient (Wildman–Crippen LogP) is 1.78. The summed E-state index contributed by atoms with van der Waals surface area (Å²) in [5, 5.41) is 2.90. The third-order valence-electron chi connectivity index (χ3n) is 3.57. The molecule has 0 radical (unpaired) electrons. The van der Waals surface area contributed by atoms with Crippen molar-refractivity contribution in [3.63, 3.8) is 0 Å². The van der Waals surface area contributed by atoms with Crippen molar-refractivity contribution in [3.05, 3.63) is 34.9 Å². The monoisotopic (exact) mass is 201 g/mol. The Morgan fingerprint density at radius 3 is 2.87 bits per heavy atom. The highest BCUT2D eigenvalue weighted by Gasteiger charge is 2.23. The minimum absolute atomic E-state index is 0.195. The first-order valence-corrected chi connectivity index (χ1v) is 5.71. The number of hydrogen-bond donors (Lipinski definition) is 1. The molecule has 1 aromatic rings. The standard InChI is InChI=1S/C13H15NO/c15-13-7-12(8-14-13)11-5-4-9-2-1-3-10(9)6-11/h4-6,12H,1-3,7-8H2,(H,14,15). The SMILES string of the molecule is O=C1CC(c2ccc3c(c2)CCC3)CN1. The van der Waals surface area contributed by atoms with E-state index in [1.165, 1.54) is 36.0 Å². The molecule has 1 saturated heterocycles. The van der Waals surface area contributed by atoms with Crippen LogP contribution in [0.1, 0.15) is 35.4 Å².